The van der Waals surface area contributed by atoms with Crippen molar-refractivity contribution < 1.29 is 19.0 Å². The van der Waals surface area contributed by atoms with Crippen LogP contribution in [0.5, 0.6) is 17.2 Å². The van der Waals surface area contributed by atoms with Crippen LogP contribution in [0.1, 0.15) is 29.0 Å². The van der Waals surface area contributed by atoms with Gasteiger partial charge in [0.2, 0.25) is 5.75 Å². The quantitative estimate of drug-likeness (QED) is 0.847. The van der Waals surface area contributed by atoms with Crippen LogP contribution >= 0.6 is 0 Å². The summed E-state index contributed by atoms with van der Waals surface area (Å²) in [4.78, 5) is 23.7. The molecule has 1 N–H and O–H groups in total. The van der Waals surface area contributed by atoms with Gasteiger partial charge in [0.05, 0.1) is 27.4 Å². The largest absolute Gasteiger partial charge is 0.493 e. The lowest BCUT2D eigenvalue weighted by Crippen LogP contribution is -2.30. The molecule has 0 fully saturated rings. The Hall–Kier alpha value is -3.03. The number of hydrogen-bond acceptors (Lipinski definition) is 6. The minimum Gasteiger partial charge on any atom is -0.493 e. The average molecular weight is 347 g/mol. The summed E-state index contributed by atoms with van der Waals surface area (Å²) in [5.74, 6) is 1.08. The molecule has 8 heteroatoms. The van der Waals surface area contributed by atoms with Gasteiger partial charge in [-0.25, -0.2) is 4.68 Å². The molecule has 2 rings (SSSR count). The number of amides is 1. The van der Waals surface area contributed by atoms with Crippen molar-refractivity contribution >= 4 is 5.91 Å². The van der Waals surface area contributed by atoms with E-state index >= 15 is 0 Å². The van der Waals surface area contributed by atoms with E-state index in [4.69, 9.17) is 14.2 Å². The molecule has 1 unspecified atom stereocenters. The van der Waals surface area contributed by atoms with Crippen molar-refractivity contribution in [1.29, 1.82) is 0 Å². The highest BCUT2D eigenvalue weighted by Gasteiger charge is 2.18. The van der Waals surface area contributed by atoms with Gasteiger partial charge >= 0.3 is 0 Å². The molecule has 1 amide bonds. The van der Waals surface area contributed by atoms with Crippen LogP contribution in [-0.2, 0) is 7.05 Å². The minimum absolute atomic E-state index is 0.154. The third kappa shape index (κ3) is 3.90. The molecule has 0 saturated heterocycles. The first-order valence-electron chi connectivity index (χ1n) is 7.56. The monoisotopic (exact) mass is 347 g/mol. The molecule has 0 spiro atoms. The summed E-state index contributed by atoms with van der Waals surface area (Å²) in [5, 5.41) is 6.77. The lowest BCUT2D eigenvalue weighted by Gasteiger charge is -2.18. The maximum absolute atomic E-state index is 12.3. The van der Waals surface area contributed by atoms with E-state index in [0.29, 0.717) is 17.2 Å². The van der Waals surface area contributed by atoms with E-state index in [1.165, 1.54) is 40.5 Å². The summed E-state index contributed by atoms with van der Waals surface area (Å²) in [6, 6.07) is 5.87. The van der Waals surface area contributed by atoms with Gasteiger partial charge in [-0.15, -0.1) is 0 Å². The fraction of sp³-hybridized carbons (Fsp3) is 0.353. The zero-order valence-corrected chi connectivity index (χ0v) is 14.8. The average Bonchev–Trinajstić information content (AvgIpc) is 2.62. The Labute approximate surface area is 145 Å². The summed E-state index contributed by atoms with van der Waals surface area (Å²) < 4.78 is 17.0. The second kappa shape index (κ2) is 7.69. The Bertz CT molecular complexity index is 806. The van der Waals surface area contributed by atoms with Crippen LogP contribution in [0.4, 0.5) is 0 Å². The normalized spacial score (nSPS) is 11.6. The summed E-state index contributed by atoms with van der Waals surface area (Å²) in [7, 11) is 6.07. The lowest BCUT2D eigenvalue weighted by molar-refractivity contribution is 0.0932. The Morgan fingerprint density at radius 2 is 1.72 bits per heavy atom. The van der Waals surface area contributed by atoms with Crippen molar-refractivity contribution in [3.05, 3.63) is 45.9 Å². The van der Waals surface area contributed by atoms with Gasteiger partial charge in [0.25, 0.3) is 11.5 Å². The number of carbonyl (C=O) groups is 1. The van der Waals surface area contributed by atoms with E-state index in [1.54, 1.807) is 12.1 Å². The topological polar surface area (TPSA) is 91.7 Å². The molecule has 134 valence electrons. The van der Waals surface area contributed by atoms with Crippen LogP contribution in [0.25, 0.3) is 0 Å². The minimum atomic E-state index is -0.392. The van der Waals surface area contributed by atoms with Gasteiger partial charge in [-0.2, -0.15) is 5.10 Å². The van der Waals surface area contributed by atoms with E-state index < -0.39 is 5.91 Å². The van der Waals surface area contributed by atoms with E-state index in [1.807, 2.05) is 6.92 Å². The van der Waals surface area contributed by atoms with Crippen LogP contribution in [0.15, 0.2) is 29.1 Å². The van der Waals surface area contributed by atoms with Gasteiger partial charge in [0.1, 0.15) is 5.69 Å². The molecule has 1 atom stereocenters. The first-order valence-corrected chi connectivity index (χ1v) is 7.56. The van der Waals surface area contributed by atoms with Crippen LogP contribution in [0, 0.1) is 0 Å². The molecule has 0 bridgehead atoms. The molecule has 1 aromatic heterocycles. The summed E-state index contributed by atoms with van der Waals surface area (Å²) in [5.41, 5.74) is 0.642. The lowest BCUT2D eigenvalue weighted by atomic mass is 10.1. The second-order valence-corrected chi connectivity index (χ2v) is 5.33. The molecule has 0 aliphatic carbocycles. The van der Waals surface area contributed by atoms with Gasteiger partial charge in [-0.05, 0) is 30.7 Å². The molecule has 1 heterocycles. The standard InChI is InChI=1S/C17H21N3O5/c1-10(18-17(22)12-6-7-15(21)20(2)19-12)11-8-13(23-3)16(25-5)14(9-11)24-4/h6-10H,1-5H3,(H,18,22). The predicted molar refractivity (Wildman–Crippen MR) is 91.5 cm³/mol. The number of hydrogen-bond donors (Lipinski definition) is 1. The molecule has 0 aliphatic rings. The maximum Gasteiger partial charge on any atom is 0.272 e. The van der Waals surface area contributed by atoms with Gasteiger partial charge in [-0.1, -0.05) is 0 Å². The van der Waals surface area contributed by atoms with Crippen molar-refractivity contribution in [3.8, 4) is 17.2 Å². The Kier molecular flexibility index (Phi) is 5.63. The first kappa shape index (κ1) is 18.3. The van der Waals surface area contributed by atoms with Gasteiger partial charge < -0.3 is 19.5 Å². The van der Waals surface area contributed by atoms with Gasteiger partial charge in [-0.3, -0.25) is 9.59 Å². The van der Waals surface area contributed by atoms with Crippen LogP contribution < -0.4 is 25.1 Å². The zero-order valence-electron chi connectivity index (χ0n) is 14.8. The van der Waals surface area contributed by atoms with Gasteiger partial charge in [0, 0.05) is 13.1 Å². The SMILES string of the molecule is COc1cc(C(C)NC(=O)c2ccc(=O)n(C)n2)cc(OC)c1OC. The van der Waals surface area contributed by atoms with E-state index in [0.717, 1.165) is 10.2 Å². The molecule has 0 radical (unpaired) electrons. The Balaban J connectivity index is 2.27. The van der Waals surface area contributed by atoms with Crippen LogP contribution in [0.3, 0.4) is 0 Å². The summed E-state index contributed by atoms with van der Waals surface area (Å²) in [6.45, 7) is 1.82. The molecular formula is C17H21N3O5. The number of nitrogens with one attached hydrogen (secondary N) is 1. The number of carbonyl (C=O) groups excluding carboxylic acids is 1. The zero-order chi connectivity index (χ0) is 18.6. The molecule has 0 aliphatic heterocycles. The number of ether oxygens (including phenoxy) is 3. The first-order chi connectivity index (χ1) is 11.9. The number of aryl methyl sites for hydroxylation is 1. The van der Waals surface area contributed by atoms with Crippen molar-refractivity contribution in [1.82, 2.24) is 15.1 Å². The fourth-order valence-corrected chi connectivity index (χ4v) is 2.33. The number of rotatable bonds is 6. The highest BCUT2D eigenvalue weighted by molar-refractivity contribution is 5.92. The number of benzene rings is 1. The Morgan fingerprint density at radius 3 is 2.20 bits per heavy atom. The van der Waals surface area contributed by atoms with Crippen LogP contribution in [0.2, 0.25) is 0 Å². The highest BCUT2D eigenvalue weighted by Crippen LogP contribution is 2.39. The molecule has 1 aromatic carbocycles. The summed E-state index contributed by atoms with van der Waals surface area (Å²) >= 11 is 0. The predicted octanol–water partition coefficient (Wildman–Crippen LogP) is 1.30. The molecule has 25 heavy (non-hydrogen) atoms. The van der Waals surface area contributed by atoms with E-state index in [2.05, 4.69) is 10.4 Å². The molecule has 8 nitrogen and oxygen atoms in total. The molecule has 2 aromatic rings. The van der Waals surface area contributed by atoms with Crippen molar-refractivity contribution in [2.45, 2.75) is 13.0 Å². The second-order valence-electron chi connectivity index (χ2n) is 5.33. The smallest absolute Gasteiger partial charge is 0.272 e. The van der Waals surface area contributed by atoms with Gasteiger partial charge in [0.15, 0.2) is 11.5 Å². The van der Waals surface area contributed by atoms with E-state index in [-0.39, 0.29) is 17.3 Å². The van der Waals surface area contributed by atoms with Crippen molar-refractivity contribution in [2.24, 2.45) is 7.05 Å². The Morgan fingerprint density at radius 1 is 1.12 bits per heavy atom. The maximum atomic E-state index is 12.3. The molecule has 0 saturated carbocycles. The third-order valence-electron chi connectivity index (χ3n) is 3.73. The van der Waals surface area contributed by atoms with Crippen molar-refractivity contribution in [2.75, 3.05) is 21.3 Å². The summed E-state index contributed by atoms with van der Waals surface area (Å²) in [6.07, 6.45) is 0. The third-order valence-corrected chi connectivity index (χ3v) is 3.73. The number of methoxy groups -OCH3 is 3. The fourth-order valence-electron chi connectivity index (χ4n) is 2.33. The van der Waals surface area contributed by atoms with E-state index in [9.17, 15) is 9.59 Å². The number of aromatic nitrogens is 2. The molecular weight excluding hydrogens is 326 g/mol. The highest BCUT2D eigenvalue weighted by atomic mass is 16.5. The number of nitrogens with zero attached hydrogens (tertiary/aromatic N) is 2. The van der Waals surface area contributed by atoms with Crippen molar-refractivity contribution in [3.63, 3.8) is 0 Å². The van der Waals surface area contributed by atoms with Crippen LogP contribution in [-0.4, -0.2) is 37.0 Å².